The van der Waals surface area contributed by atoms with Crippen LogP contribution in [0.4, 0.5) is 0 Å². The van der Waals surface area contributed by atoms with E-state index in [4.69, 9.17) is 4.98 Å². The maximum atomic E-state index is 13.2. The lowest BCUT2D eigenvalue weighted by Crippen LogP contribution is -2.30. The van der Waals surface area contributed by atoms with Crippen LogP contribution in [0.2, 0.25) is 0 Å². The minimum Gasteiger partial charge on any atom is -0.352 e. The molecule has 0 unspecified atom stereocenters. The highest BCUT2D eigenvalue weighted by molar-refractivity contribution is 7.99. The first-order valence-electron chi connectivity index (χ1n) is 9.55. The number of hydrogen-bond donors (Lipinski definition) is 1. The van der Waals surface area contributed by atoms with Crippen LogP contribution in [0.3, 0.4) is 0 Å². The van der Waals surface area contributed by atoms with Crippen molar-refractivity contribution in [2.45, 2.75) is 24.2 Å². The van der Waals surface area contributed by atoms with E-state index < -0.39 is 0 Å². The number of nitrogens with one attached hydrogen (secondary N) is 1. The molecule has 4 heterocycles. The molecule has 1 aromatic carbocycles. The molecule has 8 nitrogen and oxygen atoms in total. The van der Waals surface area contributed by atoms with Gasteiger partial charge in [0.1, 0.15) is 5.39 Å². The Hall–Kier alpha value is -3.46. The van der Waals surface area contributed by atoms with Crippen LogP contribution in [-0.4, -0.2) is 36.0 Å². The SMILES string of the molecule is O=C(C[C@H]1CSc2nc3c(cnn3-c3ccccc3)c(=O)n21)NCc1ccncc1. The fourth-order valence-corrected chi connectivity index (χ4v) is 4.66. The highest BCUT2D eigenvalue weighted by Crippen LogP contribution is 2.33. The van der Waals surface area contributed by atoms with Gasteiger partial charge in [0.2, 0.25) is 5.91 Å². The van der Waals surface area contributed by atoms with Gasteiger partial charge in [0.05, 0.1) is 17.9 Å². The summed E-state index contributed by atoms with van der Waals surface area (Å²) in [6.07, 6.45) is 5.16. The zero-order valence-electron chi connectivity index (χ0n) is 15.9. The zero-order valence-corrected chi connectivity index (χ0v) is 16.7. The van der Waals surface area contributed by atoms with Crippen molar-refractivity contribution in [1.82, 2.24) is 29.6 Å². The third-order valence-corrected chi connectivity index (χ3v) is 6.13. The first-order valence-corrected chi connectivity index (χ1v) is 10.5. The first-order chi connectivity index (χ1) is 14.7. The lowest BCUT2D eigenvalue weighted by atomic mass is 10.2. The summed E-state index contributed by atoms with van der Waals surface area (Å²) in [5.74, 6) is 0.535. The Labute approximate surface area is 176 Å². The smallest absolute Gasteiger partial charge is 0.265 e. The van der Waals surface area contributed by atoms with E-state index in [0.29, 0.717) is 28.5 Å². The number of pyridine rings is 1. The number of thioether (sulfide) groups is 1. The Bertz CT molecular complexity index is 1270. The predicted molar refractivity (Wildman–Crippen MR) is 114 cm³/mol. The maximum Gasteiger partial charge on any atom is 0.265 e. The lowest BCUT2D eigenvalue weighted by Gasteiger charge is -2.13. The number of carbonyl (C=O) groups excluding carboxylic acids is 1. The third-order valence-electron chi connectivity index (χ3n) is 5.03. The van der Waals surface area contributed by atoms with Gasteiger partial charge in [-0.15, -0.1) is 0 Å². The van der Waals surface area contributed by atoms with E-state index in [2.05, 4.69) is 15.4 Å². The minimum absolute atomic E-state index is 0.0998. The summed E-state index contributed by atoms with van der Waals surface area (Å²) in [7, 11) is 0. The number of amides is 1. The van der Waals surface area contributed by atoms with Gasteiger partial charge in [0.25, 0.3) is 5.56 Å². The molecule has 0 bridgehead atoms. The molecular formula is C21H18N6O2S. The molecule has 0 saturated heterocycles. The van der Waals surface area contributed by atoms with Crippen molar-refractivity contribution in [3.63, 3.8) is 0 Å². The molecule has 1 N–H and O–H groups in total. The summed E-state index contributed by atoms with van der Waals surface area (Å²) in [5, 5.41) is 8.35. The summed E-state index contributed by atoms with van der Waals surface area (Å²) in [6, 6.07) is 13.1. The highest BCUT2D eigenvalue weighted by atomic mass is 32.2. The van der Waals surface area contributed by atoms with Gasteiger partial charge in [0, 0.05) is 31.1 Å². The van der Waals surface area contributed by atoms with Gasteiger partial charge in [-0.25, -0.2) is 9.67 Å². The molecule has 4 aromatic rings. The molecule has 0 radical (unpaired) electrons. The average molecular weight is 418 g/mol. The van der Waals surface area contributed by atoms with E-state index in [9.17, 15) is 9.59 Å². The fourth-order valence-electron chi connectivity index (χ4n) is 3.53. The lowest BCUT2D eigenvalue weighted by molar-refractivity contribution is -0.121. The van der Waals surface area contributed by atoms with Crippen molar-refractivity contribution in [3.05, 3.63) is 77.0 Å². The van der Waals surface area contributed by atoms with Crippen molar-refractivity contribution in [2.75, 3.05) is 5.75 Å². The van der Waals surface area contributed by atoms with Crippen LogP contribution in [0, 0.1) is 0 Å². The third kappa shape index (κ3) is 3.37. The summed E-state index contributed by atoms with van der Waals surface area (Å²) < 4.78 is 3.31. The molecule has 0 saturated carbocycles. The Balaban J connectivity index is 1.39. The summed E-state index contributed by atoms with van der Waals surface area (Å²) >= 11 is 1.49. The molecule has 9 heteroatoms. The number of benzene rings is 1. The monoisotopic (exact) mass is 418 g/mol. The number of hydrogen-bond acceptors (Lipinski definition) is 6. The molecule has 30 heavy (non-hydrogen) atoms. The molecule has 0 fully saturated rings. The van der Waals surface area contributed by atoms with E-state index in [-0.39, 0.29) is 23.9 Å². The van der Waals surface area contributed by atoms with Crippen LogP contribution < -0.4 is 10.9 Å². The molecular weight excluding hydrogens is 400 g/mol. The van der Waals surface area contributed by atoms with Crippen LogP contribution in [-0.2, 0) is 11.3 Å². The fraction of sp³-hybridized carbons (Fsp3) is 0.190. The van der Waals surface area contributed by atoms with Gasteiger partial charge < -0.3 is 5.32 Å². The zero-order chi connectivity index (χ0) is 20.5. The van der Waals surface area contributed by atoms with E-state index in [1.165, 1.54) is 11.8 Å². The molecule has 0 spiro atoms. The van der Waals surface area contributed by atoms with Crippen molar-refractivity contribution in [3.8, 4) is 5.69 Å². The average Bonchev–Trinajstić information content (AvgIpc) is 3.39. The number of fused-ring (bicyclic) bond motifs is 2. The molecule has 0 aliphatic carbocycles. The van der Waals surface area contributed by atoms with Gasteiger partial charge in [-0.05, 0) is 29.8 Å². The van der Waals surface area contributed by atoms with Gasteiger partial charge in [0.15, 0.2) is 10.8 Å². The van der Waals surface area contributed by atoms with Gasteiger partial charge in [-0.1, -0.05) is 30.0 Å². The molecule has 1 aliphatic rings. The highest BCUT2D eigenvalue weighted by Gasteiger charge is 2.29. The van der Waals surface area contributed by atoms with Crippen LogP contribution >= 0.6 is 11.8 Å². The van der Waals surface area contributed by atoms with Gasteiger partial charge >= 0.3 is 0 Å². The quantitative estimate of drug-likeness (QED) is 0.500. The van der Waals surface area contributed by atoms with Crippen LogP contribution in [0.15, 0.2) is 71.0 Å². The van der Waals surface area contributed by atoms with Crippen molar-refractivity contribution in [1.29, 1.82) is 0 Å². The number of rotatable bonds is 5. The molecule has 5 rings (SSSR count). The topological polar surface area (TPSA) is 94.7 Å². The second kappa shape index (κ2) is 7.75. The van der Waals surface area contributed by atoms with Crippen LogP contribution in [0.1, 0.15) is 18.0 Å². The predicted octanol–water partition coefficient (Wildman–Crippen LogP) is 2.33. The standard InChI is InChI=1S/C21H18N6O2S/c28-18(23-11-14-6-8-22-9-7-14)10-16-13-30-21-25-19-17(20(29)26(16)21)12-24-27(19)15-4-2-1-3-5-15/h1-9,12,16H,10-11,13H2,(H,23,28)/t16-/m0/s1. The van der Waals surface area contributed by atoms with E-state index >= 15 is 0 Å². The molecule has 3 aromatic heterocycles. The van der Waals surface area contributed by atoms with Crippen molar-refractivity contribution < 1.29 is 4.79 Å². The largest absolute Gasteiger partial charge is 0.352 e. The molecule has 1 atom stereocenters. The van der Waals surface area contributed by atoms with Crippen LogP contribution in [0.25, 0.3) is 16.7 Å². The second-order valence-electron chi connectivity index (χ2n) is 7.00. The minimum atomic E-state index is -0.230. The number of nitrogens with zero attached hydrogens (tertiary/aromatic N) is 5. The summed E-state index contributed by atoms with van der Waals surface area (Å²) in [6.45, 7) is 0.435. The van der Waals surface area contributed by atoms with E-state index in [1.54, 1.807) is 27.8 Å². The van der Waals surface area contributed by atoms with Crippen molar-refractivity contribution >= 4 is 28.7 Å². The Morgan fingerprint density at radius 3 is 2.77 bits per heavy atom. The Kier molecular flexibility index (Phi) is 4.80. The Morgan fingerprint density at radius 1 is 1.17 bits per heavy atom. The van der Waals surface area contributed by atoms with Gasteiger partial charge in [-0.3, -0.25) is 19.1 Å². The number of aromatic nitrogens is 5. The number of para-hydroxylation sites is 1. The number of carbonyl (C=O) groups is 1. The summed E-state index contributed by atoms with van der Waals surface area (Å²) in [4.78, 5) is 34.3. The van der Waals surface area contributed by atoms with E-state index in [0.717, 1.165) is 11.3 Å². The van der Waals surface area contributed by atoms with E-state index in [1.807, 2.05) is 42.5 Å². The first kappa shape index (κ1) is 18.6. The maximum absolute atomic E-state index is 13.2. The van der Waals surface area contributed by atoms with Crippen molar-refractivity contribution in [2.24, 2.45) is 0 Å². The molecule has 1 amide bonds. The van der Waals surface area contributed by atoms with Crippen LogP contribution in [0.5, 0.6) is 0 Å². The summed E-state index contributed by atoms with van der Waals surface area (Å²) in [5.41, 5.74) is 2.20. The Morgan fingerprint density at radius 2 is 1.97 bits per heavy atom. The molecule has 150 valence electrons. The second-order valence-corrected chi connectivity index (χ2v) is 7.99. The molecule has 1 aliphatic heterocycles. The normalized spacial score (nSPS) is 15.3. The van der Waals surface area contributed by atoms with Gasteiger partial charge in [-0.2, -0.15) is 5.10 Å².